The van der Waals surface area contributed by atoms with Gasteiger partial charge in [0.1, 0.15) is 11.3 Å². The fourth-order valence-electron chi connectivity index (χ4n) is 2.40. The van der Waals surface area contributed by atoms with Crippen LogP contribution < -0.4 is 5.73 Å². The summed E-state index contributed by atoms with van der Waals surface area (Å²) in [5.41, 5.74) is 6.31. The van der Waals surface area contributed by atoms with Gasteiger partial charge >= 0.3 is 11.9 Å². The Balaban J connectivity index is 2.55. The molecule has 2 N–H and O–H groups in total. The number of thiophene rings is 1. The van der Waals surface area contributed by atoms with Crippen molar-refractivity contribution in [3.63, 3.8) is 0 Å². The third kappa shape index (κ3) is 3.39. The summed E-state index contributed by atoms with van der Waals surface area (Å²) in [4.78, 5) is 25.5. The zero-order valence-corrected chi connectivity index (χ0v) is 14.1. The highest BCUT2D eigenvalue weighted by Crippen LogP contribution is 2.42. The Morgan fingerprint density at radius 1 is 1.22 bits per heavy atom. The molecule has 0 amide bonds. The van der Waals surface area contributed by atoms with Crippen LogP contribution in [0.25, 0.3) is 0 Å². The van der Waals surface area contributed by atoms with Gasteiger partial charge < -0.3 is 19.9 Å². The first kappa shape index (κ1) is 17.1. The molecule has 0 saturated carbocycles. The van der Waals surface area contributed by atoms with E-state index in [4.69, 9.17) is 19.9 Å². The minimum absolute atomic E-state index is 0.0487. The van der Waals surface area contributed by atoms with Crippen molar-refractivity contribution in [2.75, 3.05) is 13.2 Å². The monoisotopic (exact) mass is 337 g/mol. The maximum absolute atomic E-state index is 12.4. The molecule has 0 aromatic carbocycles. The van der Waals surface area contributed by atoms with E-state index in [1.165, 1.54) is 11.3 Å². The molecule has 0 aliphatic carbocycles. The van der Waals surface area contributed by atoms with Crippen LogP contribution in [0, 0.1) is 0 Å². The van der Waals surface area contributed by atoms with Crippen LogP contribution in [0.2, 0.25) is 0 Å². The first-order valence-corrected chi connectivity index (χ1v) is 8.15. The summed E-state index contributed by atoms with van der Waals surface area (Å²) in [7, 11) is 0. The van der Waals surface area contributed by atoms with Gasteiger partial charge in [0.25, 0.3) is 0 Å². The predicted octanol–water partition coefficient (Wildman–Crippen LogP) is 2.43. The summed E-state index contributed by atoms with van der Waals surface area (Å²) >= 11 is 1.42. The maximum atomic E-state index is 12.4. The van der Waals surface area contributed by atoms with E-state index < -0.39 is 17.9 Å². The van der Waals surface area contributed by atoms with Crippen molar-refractivity contribution in [1.82, 2.24) is 0 Å². The second kappa shape index (κ2) is 7.32. The highest BCUT2D eigenvalue weighted by molar-refractivity contribution is 7.10. The highest BCUT2D eigenvalue weighted by Gasteiger charge is 2.40. The minimum atomic E-state index is -0.651. The number of rotatable bonds is 5. The van der Waals surface area contributed by atoms with Crippen molar-refractivity contribution in [3.8, 4) is 0 Å². The highest BCUT2D eigenvalue weighted by atomic mass is 32.1. The molecular formula is C16H19NO5S. The number of esters is 2. The topological polar surface area (TPSA) is 87.9 Å². The van der Waals surface area contributed by atoms with Crippen LogP contribution in [0.15, 0.2) is 40.3 Å². The Morgan fingerprint density at radius 3 is 2.35 bits per heavy atom. The van der Waals surface area contributed by atoms with Gasteiger partial charge in [-0.2, -0.15) is 0 Å². The molecule has 0 unspecified atom stereocenters. The molecule has 1 aromatic rings. The lowest BCUT2D eigenvalue weighted by Gasteiger charge is -2.27. The predicted molar refractivity (Wildman–Crippen MR) is 85.3 cm³/mol. The molecular weight excluding hydrogens is 318 g/mol. The van der Waals surface area contributed by atoms with E-state index in [-0.39, 0.29) is 30.2 Å². The molecule has 1 aromatic heterocycles. The van der Waals surface area contributed by atoms with E-state index in [1.807, 2.05) is 17.5 Å². The van der Waals surface area contributed by atoms with Crippen molar-refractivity contribution in [2.24, 2.45) is 5.73 Å². The quantitative estimate of drug-likeness (QED) is 0.830. The second-order valence-electron chi connectivity index (χ2n) is 4.74. The lowest BCUT2D eigenvalue weighted by molar-refractivity contribution is -0.140. The molecule has 7 heteroatoms. The molecule has 2 rings (SSSR count). The number of carbonyl (C=O) groups is 2. The summed E-state index contributed by atoms with van der Waals surface area (Å²) < 4.78 is 15.6. The van der Waals surface area contributed by atoms with E-state index in [9.17, 15) is 9.59 Å². The summed E-state index contributed by atoms with van der Waals surface area (Å²) in [6.07, 6.45) is 0. The van der Waals surface area contributed by atoms with Crippen LogP contribution in [0.4, 0.5) is 0 Å². The Hall–Kier alpha value is -2.28. The molecule has 6 nitrogen and oxygen atoms in total. The number of ether oxygens (including phenoxy) is 3. The van der Waals surface area contributed by atoms with E-state index in [0.29, 0.717) is 5.76 Å². The van der Waals surface area contributed by atoms with Crippen LogP contribution in [0.3, 0.4) is 0 Å². The average Bonchev–Trinajstić information content (AvgIpc) is 3.00. The van der Waals surface area contributed by atoms with Crippen LogP contribution in [-0.4, -0.2) is 25.2 Å². The number of hydrogen-bond acceptors (Lipinski definition) is 7. The summed E-state index contributed by atoms with van der Waals surface area (Å²) in [6.45, 7) is 5.46. The zero-order valence-electron chi connectivity index (χ0n) is 13.3. The number of carbonyl (C=O) groups excluding carboxylic acids is 2. The van der Waals surface area contributed by atoms with Crippen LogP contribution in [0.5, 0.6) is 0 Å². The summed E-state index contributed by atoms with van der Waals surface area (Å²) in [5.74, 6) is -1.50. The normalized spacial score (nSPS) is 17.8. The van der Waals surface area contributed by atoms with Crippen molar-refractivity contribution >= 4 is 23.3 Å². The average molecular weight is 337 g/mol. The molecule has 23 heavy (non-hydrogen) atoms. The van der Waals surface area contributed by atoms with Gasteiger partial charge in [0.2, 0.25) is 5.88 Å². The first-order chi connectivity index (χ1) is 11.0. The van der Waals surface area contributed by atoms with Crippen LogP contribution >= 0.6 is 11.3 Å². The van der Waals surface area contributed by atoms with Gasteiger partial charge in [-0.25, -0.2) is 9.59 Å². The lowest BCUT2D eigenvalue weighted by Crippen LogP contribution is -2.29. The molecule has 1 atom stereocenters. The molecule has 1 aliphatic heterocycles. The SMILES string of the molecule is CCOC(=O)C1=C(C)OC(N)=C(C(=O)OCC)[C@@H]1c1cccs1. The van der Waals surface area contributed by atoms with Crippen molar-refractivity contribution in [2.45, 2.75) is 26.7 Å². The molecule has 0 spiro atoms. The summed E-state index contributed by atoms with van der Waals surface area (Å²) in [6, 6.07) is 3.67. The molecule has 124 valence electrons. The second-order valence-corrected chi connectivity index (χ2v) is 5.72. The zero-order chi connectivity index (χ0) is 17.0. The van der Waals surface area contributed by atoms with Crippen molar-refractivity contribution in [3.05, 3.63) is 45.2 Å². The molecule has 0 bridgehead atoms. The standard InChI is InChI=1S/C16H19NO5S/c1-4-20-15(18)11-9(3)22-14(17)13(16(19)21-5-2)12(11)10-7-6-8-23-10/h6-8,12H,4-5,17H2,1-3H3/t12-/m1/s1. The van der Waals surface area contributed by atoms with E-state index in [0.717, 1.165) is 4.88 Å². The Labute approximate surface area is 138 Å². The lowest BCUT2D eigenvalue weighted by atomic mass is 9.87. The van der Waals surface area contributed by atoms with E-state index in [1.54, 1.807) is 20.8 Å². The minimum Gasteiger partial charge on any atom is -0.463 e. The first-order valence-electron chi connectivity index (χ1n) is 7.27. The molecule has 0 radical (unpaired) electrons. The summed E-state index contributed by atoms with van der Waals surface area (Å²) in [5, 5.41) is 1.86. The molecule has 0 saturated heterocycles. The third-order valence-electron chi connectivity index (χ3n) is 3.30. The molecule has 0 fully saturated rings. The third-order valence-corrected chi connectivity index (χ3v) is 4.24. The molecule has 1 aliphatic rings. The van der Waals surface area contributed by atoms with Crippen molar-refractivity contribution < 1.29 is 23.8 Å². The van der Waals surface area contributed by atoms with Gasteiger partial charge in [0, 0.05) is 4.88 Å². The van der Waals surface area contributed by atoms with Gasteiger partial charge in [-0.05, 0) is 32.2 Å². The van der Waals surface area contributed by atoms with Gasteiger partial charge in [-0.3, -0.25) is 0 Å². The Bertz CT molecular complexity index is 620. The maximum Gasteiger partial charge on any atom is 0.340 e. The van der Waals surface area contributed by atoms with Crippen LogP contribution in [0.1, 0.15) is 31.6 Å². The van der Waals surface area contributed by atoms with Crippen LogP contribution in [-0.2, 0) is 23.8 Å². The Kier molecular flexibility index (Phi) is 5.44. The van der Waals surface area contributed by atoms with Gasteiger partial charge in [0.05, 0.1) is 24.7 Å². The number of allylic oxidation sites excluding steroid dienone is 1. The largest absolute Gasteiger partial charge is 0.463 e. The fraction of sp³-hybridized carbons (Fsp3) is 0.375. The van der Waals surface area contributed by atoms with E-state index in [2.05, 4.69) is 0 Å². The Morgan fingerprint density at radius 2 is 1.83 bits per heavy atom. The number of hydrogen-bond donors (Lipinski definition) is 1. The fourth-order valence-corrected chi connectivity index (χ4v) is 3.25. The van der Waals surface area contributed by atoms with Crippen molar-refractivity contribution in [1.29, 1.82) is 0 Å². The van der Waals surface area contributed by atoms with Gasteiger partial charge in [0.15, 0.2) is 0 Å². The van der Waals surface area contributed by atoms with E-state index >= 15 is 0 Å². The van der Waals surface area contributed by atoms with Gasteiger partial charge in [-0.15, -0.1) is 11.3 Å². The molecule has 2 heterocycles. The smallest absolute Gasteiger partial charge is 0.340 e. The number of nitrogens with two attached hydrogens (primary N) is 1. The van der Waals surface area contributed by atoms with Gasteiger partial charge in [-0.1, -0.05) is 6.07 Å².